The largest absolute Gasteiger partial charge is 0.632 e. The van der Waals surface area contributed by atoms with Gasteiger partial charge in [-0.2, -0.15) is 0 Å². The number of quaternary nitrogens is 1. The zero-order valence-corrected chi connectivity index (χ0v) is 18.2. The molecule has 0 radical (unpaired) electrons. The van der Waals surface area contributed by atoms with Crippen LogP contribution in [0.4, 0.5) is 10.1 Å². The first kappa shape index (κ1) is 21.7. The van der Waals surface area contributed by atoms with Gasteiger partial charge in [0.05, 0.1) is 35.8 Å². The minimum Gasteiger partial charge on any atom is -0.632 e. The van der Waals surface area contributed by atoms with Crippen LogP contribution in [0, 0.1) is 21.1 Å². The van der Waals surface area contributed by atoms with Crippen molar-refractivity contribution in [3.63, 3.8) is 0 Å². The van der Waals surface area contributed by atoms with E-state index in [1.54, 1.807) is 34.9 Å². The second-order valence-corrected chi connectivity index (χ2v) is 8.77. The summed E-state index contributed by atoms with van der Waals surface area (Å²) in [4.78, 5) is 13.3. The van der Waals surface area contributed by atoms with E-state index in [0.29, 0.717) is 32.0 Å². The molecule has 0 amide bonds. The molecule has 33 heavy (non-hydrogen) atoms. The number of hydrogen-bond donors (Lipinski definition) is 1. The van der Waals surface area contributed by atoms with Crippen LogP contribution in [0.1, 0.15) is 12.0 Å². The van der Waals surface area contributed by atoms with Crippen LogP contribution in [0.5, 0.6) is 0 Å². The molecule has 9 heteroatoms. The van der Waals surface area contributed by atoms with E-state index in [1.165, 1.54) is 12.1 Å². The first-order valence-corrected chi connectivity index (χ1v) is 11.2. The zero-order valence-electron chi connectivity index (χ0n) is 18.2. The molecule has 1 aromatic heterocycles. The Hall–Kier alpha value is -3.11. The summed E-state index contributed by atoms with van der Waals surface area (Å²) >= 11 is 0. The number of para-hydroxylation sites is 1. The molecule has 2 aromatic carbocycles. The number of aromatic nitrogens is 1. The maximum atomic E-state index is 14.6. The second-order valence-electron chi connectivity index (χ2n) is 8.77. The smallest absolute Gasteiger partial charge is 0.270 e. The van der Waals surface area contributed by atoms with Gasteiger partial charge in [0.2, 0.25) is 0 Å². The van der Waals surface area contributed by atoms with Gasteiger partial charge in [0, 0.05) is 48.9 Å². The fourth-order valence-corrected chi connectivity index (χ4v) is 4.75. The number of halogens is 1. The van der Waals surface area contributed by atoms with Gasteiger partial charge in [0.25, 0.3) is 5.69 Å². The summed E-state index contributed by atoms with van der Waals surface area (Å²) in [6, 6.07) is 11.2. The Labute approximate surface area is 190 Å². The van der Waals surface area contributed by atoms with E-state index in [9.17, 15) is 19.7 Å². The lowest BCUT2D eigenvalue weighted by atomic mass is 9.98. The number of nitrogens with zero attached hydrogens (tertiary/aromatic N) is 4. The minimum atomic E-state index is -0.407. The molecule has 0 saturated carbocycles. The third-order valence-electron chi connectivity index (χ3n) is 6.67. The molecule has 0 bridgehead atoms. The quantitative estimate of drug-likeness (QED) is 0.268. The number of rotatable bonds is 6. The number of nitro benzene ring substituents is 1. The van der Waals surface area contributed by atoms with Gasteiger partial charge in [-0.25, -0.2) is 4.39 Å². The van der Waals surface area contributed by atoms with Crippen LogP contribution in [0.2, 0.25) is 0 Å². The maximum Gasteiger partial charge on any atom is 0.270 e. The van der Waals surface area contributed by atoms with E-state index in [-0.39, 0.29) is 16.2 Å². The van der Waals surface area contributed by atoms with Gasteiger partial charge in [-0.1, -0.05) is 18.2 Å². The minimum absolute atomic E-state index is 0.0109. The van der Waals surface area contributed by atoms with Gasteiger partial charge >= 0.3 is 0 Å². The first-order chi connectivity index (χ1) is 15.9. The van der Waals surface area contributed by atoms with E-state index in [1.807, 2.05) is 6.20 Å². The summed E-state index contributed by atoms with van der Waals surface area (Å²) in [6.45, 7) is 4.68. The number of fused-ring (bicyclic) bond motifs is 1. The lowest BCUT2D eigenvalue weighted by Crippen LogP contribution is -2.46. The first-order valence-electron chi connectivity index (χ1n) is 11.2. The number of non-ortho nitro benzene ring substituents is 1. The third-order valence-corrected chi connectivity index (χ3v) is 6.67. The molecule has 3 aromatic rings. The van der Waals surface area contributed by atoms with Crippen molar-refractivity contribution in [3.05, 3.63) is 81.4 Å². The maximum absolute atomic E-state index is 14.6. The Balaban J connectivity index is 1.46. The SMILES string of the molecule is O=[N+]([O-])c1ccc2c(c1)c(C1=CCN(CC[N+]3([O-])CCNC3)CC1)cn2-c1ccccc1F. The van der Waals surface area contributed by atoms with Crippen LogP contribution in [-0.2, 0) is 0 Å². The Kier molecular flexibility index (Phi) is 5.71. The molecule has 8 nitrogen and oxygen atoms in total. The molecule has 1 unspecified atom stereocenters. The predicted molar refractivity (Wildman–Crippen MR) is 125 cm³/mol. The normalized spacial score (nSPS) is 21.5. The summed E-state index contributed by atoms with van der Waals surface area (Å²) < 4.78 is 16.2. The van der Waals surface area contributed by atoms with Crippen LogP contribution in [0.15, 0.2) is 54.7 Å². The van der Waals surface area contributed by atoms with Crippen LogP contribution in [0.25, 0.3) is 22.2 Å². The van der Waals surface area contributed by atoms with Crippen LogP contribution in [-0.4, -0.2) is 65.0 Å². The number of nitro groups is 1. The molecule has 0 spiro atoms. The molecule has 2 aliphatic heterocycles. The summed E-state index contributed by atoms with van der Waals surface area (Å²) in [5.74, 6) is -0.353. The molecular weight excluding hydrogens is 425 g/mol. The topological polar surface area (TPSA) is 86.4 Å². The molecule has 172 valence electrons. The lowest BCUT2D eigenvalue weighted by molar-refractivity contribution is -0.868. The van der Waals surface area contributed by atoms with Gasteiger partial charge in [0.1, 0.15) is 12.5 Å². The highest BCUT2D eigenvalue weighted by molar-refractivity contribution is 5.95. The monoisotopic (exact) mass is 451 g/mol. The number of nitrogens with one attached hydrogen (secondary N) is 1. The van der Waals surface area contributed by atoms with E-state index in [0.717, 1.165) is 48.1 Å². The average Bonchev–Trinajstić information content (AvgIpc) is 3.42. The molecule has 3 heterocycles. The van der Waals surface area contributed by atoms with Crippen molar-refractivity contribution in [1.29, 1.82) is 0 Å². The molecular formula is C24H26FN5O3. The lowest BCUT2D eigenvalue weighted by Gasteiger charge is -2.39. The molecule has 1 saturated heterocycles. The Morgan fingerprint density at radius 3 is 2.76 bits per heavy atom. The fraction of sp³-hybridized carbons (Fsp3) is 0.333. The van der Waals surface area contributed by atoms with Gasteiger partial charge in [-0.3, -0.25) is 20.3 Å². The summed E-state index contributed by atoms with van der Waals surface area (Å²) in [5, 5.41) is 27.8. The van der Waals surface area contributed by atoms with Crippen molar-refractivity contribution in [1.82, 2.24) is 14.8 Å². The fourth-order valence-electron chi connectivity index (χ4n) is 4.75. The molecule has 5 rings (SSSR count). The third kappa shape index (κ3) is 4.28. The van der Waals surface area contributed by atoms with Crippen molar-refractivity contribution in [3.8, 4) is 5.69 Å². The average molecular weight is 452 g/mol. The van der Waals surface area contributed by atoms with E-state index >= 15 is 0 Å². The number of hydrogen-bond acceptors (Lipinski definition) is 5. The van der Waals surface area contributed by atoms with Crippen LogP contribution >= 0.6 is 0 Å². The molecule has 0 aliphatic carbocycles. The summed E-state index contributed by atoms with van der Waals surface area (Å²) in [7, 11) is 0. The summed E-state index contributed by atoms with van der Waals surface area (Å²) in [6.07, 6.45) is 4.76. The molecule has 1 fully saturated rings. The van der Waals surface area contributed by atoms with Crippen molar-refractivity contribution < 1.29 is 14.0 Å². The Bertz CT molecular complexity index is 1230. The molecule has 2 aliphatic rings. The van der Waals surface area contributed by atoms with Gasteiger partial charge in [0.15, 0.2) is 0 Å². The van der Waals surface area contributed by atoms with Gasteiger partial charge < -0.3 is 14.4 Å². The number of benzene rings is 2. The highest BCUT2D eigenvalue weighted by atomic mass is 19.1. The van der Waals surface area contributed by atoms with Crippen molar-refractivity contribution in [2.24, 2.45) is 0 Å². The predicted octanol–water partition coefficient (Wildman–Crippen LogP) is 3.64. The molecule has 1 N–H and O–H groups in total. The van der Waals surface area contributed by atoms with Crippen LogP contribution < -0.4 is 5.32 Å². The van der Waals surface area contributed by atoms with E-state index < -0.39 is 4.92 Å². The standard InChI is InChI=1S/C24H26FN5O3/c25-22-3-1-2-4-24(22)28-16-21(20-15-19(29(31)32)5-6-23(20)28)18-7-10-27(11-8-18)12-14-30(33)13-9-26-17-30/h1-7,15-16,26H,8-14,17H2. The molecule has 1 atom stereocenters. The Morgan fingerprint density at radius 1 is 1.21 bits per heavy atom. The van der Waals surface area contributed by atoms with Gasteiger partial charge in [-0.15, -0.1) is 0 Å². The van der Waals surface area contributed by atoms with Gasteiger partial charge in [-0.05, 0) is 30.2 Å². The van der Waals surface area contributed by atoms with Crippen molar-refractivity contribution in [2.75, 3.05) is 45.9 Å². The summed E-state index contributed by atoms with van der Waals surface area (Å²) in [5.41, 5.74) is 3.11. The zero-order chi connectivity index (χ0) is 23.0. The Morgan fingerprint density at radius 2 is 2.06 bits per heavy atom. The second kappa shape index (κ2) is 8.68. The highest BCUT2D eigenvalue weighted by Crippen LogP contribution is 2.35. The van der Waals surface area contributed by atoms with Crippen molar-refractivity contribution in [2.45, 2.75) is 6.42 Å². The van der Waals surface area contributed by atoms with E-state index in [2.05, 4.69) is 16.3 Å². The number of hydroxylamine groups is 3. The van der Waals surface area contributed by atoms with Crippen molar-refractivity contribution >= 4 is 22.2 Å². The van der Waals surface area contributed by atoms with Crippen LogP contribution in [0.3, 0.4) is 0 Å². The van der Waals surface area contributed by atoms with E-state index in [4.69, 9.17) is 0 Å². The highest BCUT2D eigenvalue weighted by Gasteiger charge is 2.25.